The average molecular weight is 357 g/mol. The van der Waals surface area contributed by atoms with Crippen LogP contribution in [0.3, 0.4) is 0 Å². The second-order valence-electron chi connectivity index (χ2n) is 5.69. The Morgan fingerprint density at radius 3 is 2.27 bits per heavy atom. The van der Waals surface area contributed by atoms with Gasteiger partial charge in [-0.15, -0.1) is 0 Å². The number of carbonyl (C=O) groups excluding carboxylic acids is 3. The van der Waals surface area contributed by atoms with Gasteiger partial charge < -0.3 is 15.5 Å². The SMILES string of the molecule is CNC(=O)c1ccc(CN(C)C(=O)CNC(=O)c2ccccc2F)cc1. The third kappa shape index (κ3) is 4.89. The Bertz CT molecular complexity index is 806. The summed E-state index contributed by atoms with van der Waals surface area (Å²) in [5.74, 6) is -1.77. The van der Waals surface area contributed by atoms with Crippen LogP contribution in [0.15, 0.2) is 48.5 Å². The van der Waals surface area contributed by atoms with Crippen LogP contribution < -0.4 is 10.6 Å². The second-order valence-corrected chi connectivity index (χ2v) is 5.69. The summed E-state index contributed by atoms with van der Waals surface area (Å²) < 4.78 is 13.5. The van der Waals surface area contributed by atoms with Crippen molar-refractivity contribution in [1.82, 2.24) is 15.5 Å². The molecule has 7 heteroatoms. The van der Waals surface area contributed by atoms with E-state index in [9.17, 15) is 18.8 Å². The highest BCUT2D eigenvalue weighted by Crippen LogP contribution is 2.08. The first-order chi connectivity index (χ1) is 12.4. The minimum Gasteiger partial charge on any atom is -0.355 e. The third-order valence-corrected chi connectivity index (χ3v) is 3.81. The molecule has 26 heavy (non-hydrogen) atoms. The normalized spacial score (nSPS) is 10.1. The molecule has 2 rings (SSSR count). The third-order valence-electron chi connectivity index (χ3n) is 3.81. The first-order valence-electron chi connectivity index (χ1n) is 8.00. The highest BCUT2D eigenvalue weighted by Gasteiger charge is 2.14. The molecule has 0 saturated heterocycles. The van der Waals surface area contributed by atoms with Gasteiger partial charge in [-0.25, -0.2) is 4.39 Å². The molecule has 136 valence electrons. The van der Waals surface area contributed by atoms with Crippen molar-refractivity contribution in [3.8, 4) is 0 Å². The Morgan fingerprint density at radius 2 is 1.65 bits per heavy atom. The molecule has 0 atom stereocenters. The first-order valence-corrected chi connectivity index (χ1v) is 8.00. The van der Waals surface area contributed by atoms with Crippen LogP contribution in [-0.2, 0) is 11.3 Å². The van der Waals surface area contributed by atoms with Gasteiger partial charge in [0.25, 0.3) is 11.8 Å². The van der Waals surface area contributed by atoms with Crippen LogP contribution in [0.5, 0.6) is 0 Å². The molecular weight excluding hydrogens is 337 g/mol. The minimum atomic E-state index is -0.639. The predicted molar refractivity (Wildman–Crippen MR) is 95.0 cm³/mol. The van der Waals surface area contributed by atoms with Crippen LogP contribution in [0.1, 0.15) is 26.3 Å². The van der Waals surface area contributed by atoms with Crippen LogP contribution >= 0.6 is 0 Å². The Labute approximate surface area is 151 Å². The zero-order valence-electron chi connectivity index (χ0n) is 14.6. The first kappa shape index (κ1) is 19.1. The highest BCUT2D eigenvalue weighted by molar-refractivity contribution is 5.96. The van der Waals surface area contributed by atoms with Crippen molar-refractivity contribution in [3.63, 3.8) is 0 Å². The molecule has 0 aromatic heterocycles. The van der Waals surface area contributed by atoms with Crippen LogP contribution in [0, 0.1) is 5.82 Å². The highest BCUT2D eigenvalue weighted by atomic mass is 19.1. The van der Waals surface area contributed by atoms with Gasteiger partial charge in [-0.2, -0.15) is 0 Å². The molecular formula is C19H20FN3O3. The van der Waals surface area contributed by atoms with Gasteiger partial charge in [0.15, 0.2) is 0 Å². The second kappa shape index (κ2) is 8.75. The lowest BCUT2D eigenvalue weighted by atomic mass is 10.1. The number of nitrogens with one attached hydrogen (secondary N) is 2. The molecule has 0 heterocycles. The van der Waals surface area contributed by atoms with Crippen molar-refractivity contribution >= 4 is 17.7 Å². The molecule has 0 radical (unpaired) electrons. The summed E-state index contributed by atoms with van der Waals surface area (Å²) in [6, 6.07) is 12.4. The van der Waals surface area contributed by atoms with Crippen molar-refractivity contribution in [2.75, 3.05) is 20.6 Å². The molecule has 0 aliphatic carbocycles. The van der Waals surface area contributed by atoms with Gasteiger partial charge >= 0.3 is 0 Å². The quantitative estimate of drug-likeness (QED) is 0.824. The number of hydrogen-bond acceptors (Lipinski definition) is 3. The van der Waals surface area contributed by atoms with E-state index in [0.29, 0.717) is 12.1 Å². The summed E-state index contributed by atoms with van der Waals surface area (Å²) in [5.41, 5.74) is 1.27. The molecule has 0 unspecified atom stereocenters. The van der Waals surface area contributed by atoms with Crippen molar-refractivity contribution < 1.29 is 18.8 Å². The van der Waals surface area contributed by atoms with Crippen molar-refractivity contribution in [2.24, 2.45) is 0 Å². The maximum Gasteiger partial charge on any atom is 0.254 e. The minimum absolute atomic E-state index is 0.104. The van der Waals surface area contributed by atoms with Crippen LogP contribution in [0.4, 0.5) is 4.39 Å². The fourth-order valence-corrected chi connectivity index (χ4v) is 2.30. The van der Waals surface area contributed by atoms with Gasteiger partial charge in [0.2, 0.25) is 5.91 Å². The Hall–Kier alpha value is -3.22. The van der Waals surface area contributed by atoms with E-state index < -0.39 is 11.7 Å². The van der Waals surface area contributed by atoms with Crippen LogP contribution in [0.2, 0.25) is 0 Å². The van der Waals surface area contributed by atoms with Gasteiger partial charge in [0, 0.05) is 26.2 Å². The van der Waals surface area contributed by atoms with Gasteiger partial charge in [-0.1, -0.05) is 24.3 Å². The number of rotatable bonds is 6. The van der Waals surface area contributed by atoms with Crippen molar-refractivity contribution in [2.45, 2.75) is 6.54 Å². The molecule has 0 aliphatic heterocycles. The van der Waals surface area contributed by atoms with E-state index in [2.05, 4.69) is 10.6 Å². The molecule has 2 aromatic rings. The number of halogens is 1. The van der Waals surface area contributed by atoms with Crippen LogP contribution in [0.25, 0.3) is 0 Å². The summed E-state index contributed by atoms with van der Waals surface area (Å²) in [6.07, 6.45) is 0. The largest absolute Gasteiger partial charge is 0.355 e. The summed E-state index contributed by atoms with van der Waals surface area (Å²) in [5, 5.41) is 4.95. The number of likely N-dealkylation sites (N-methyl/N-ethyl adjacent to an activating group) is 1. The fraction of sp³-hybridized carbons (Fsp3) is 0.211. The number of benzene rings is 2. The Kier molecular flexibility index (Phi) is 6.43. The van der Waals surface area contributed by atoms with E-state index in [-0.39, 0.29) is 23.9 Å². The summed E-state index contributed by atoms with van der Waals surface area (Å²) in [4.78, 5) is 37.0. The lowest BCUT2D eigenvalue weighted by Crippen LogP contribution is -2.38. The summed E-state index contributed by atoms with van der Waals surface area (Å²) in [7, 11) is 3.16. The molecule has 2 aromatic carbocycles. The lowest BCUT2D eigenvalue weighted by Gasteiger charge is -2.18. The number of carbonyl (C=O) groups is 3. The van der Waals surface area contributed by atoms with Gasteiger partial charge in [-0.3, -0.25) is 14.4 Å². The molecule has 2 N–H and O–H groups in total. The number of amides is 3. The average Bonchev–Trinajstić information content (AvgIpc) is 2.66. The standard InChI is InChI=1S/C19H20FN3O3/c1-21-18(25)14-9-7-13(8-10-14)12-23(2)17(24)11-22-19(26)15-5-3-4-6-16(15)20/h3-10H,11-12H2,1-2H3,(H,21,25)(H,22,26). The predicted octanol–water partition coefficient (Wildman–Crippen LogP) is 1.57. The van der Waals surface area contributed by atoms with E-state index >= 15 is 0 Å². The van der Waals surface area contributed by atoms with Gasteiger partial charge in [-0.05, 0) is 29.8 Å². The number of hydrogen-bond donors (Lipinski definition) is 2. The van der Waals surface area contributed by atoms with Gasteiger partial charge in [0.1, 0.15) is 5.82 Å². The van der Waals surface area contributed by atoms with Gasteiger partial charge in [0.05, 0.1) is 12.1 Å². The zero-order valence-corrected chi connectivity index (χ0v) is 14.6. The lowest BCUT2D eigenvalue weighted by molar-refractivity contribution is -0.129. The number of nitrogens with zero attached hydrogens (tertiary/aromatic N) is 1. The molecule has 6 nitrogen and oxygen atoms in total. The molecule has 0 saturated carbocycles. The molecule has 0 bridgehead atoms. The molecule has 3 amide bonds. The molecule has 0 fully saturated rings. The Balaban J connectivity index is 1.88. The van der Waals surface area contributed by atoms with Crippen LogP contribution in [-0.4, -0.2) is 43.3 Å². The van der Waals surface area contributed by atoms with E-state index in [1.165, 1.54) is 23.1 Å². The summed E-state index contributed by atoms with van der Waals surface area (Å²) >= 11 is 0. The van der Waals surface area contributed by atoms with E-state index in [1.54, 1.807) is 44.4 Å². The zero-order chi connectivity index (χ0) is 19.1. The Morgan fingerprint density at radius 1 is 1.00 bits per heavy atom. The fourth-order valence-electron chi connectivity index (χ4n) is 2.30. The van der Waals surface area contributed by atoms with E-state index in [1.807, 2.05) is 0 Å². The van der Waals surface area contributed by atoms with E-state index in [0.717, 1.165) is 5.56 Å². The monoisotopic (exact) mass is 357 g/mol. The topological polar surface area (TPSA) is 78.5 Å². The summed E-state index contributed by atoms with van der Waals surface area (Å²) in [6.45, 7) is 0.0857. The molecule has 0 aliphatic rings. The molecule has 0 spiro atoms. The maximum absolute atomic E-state index is 13.5. The maximum atomic E-state index is 13.5. The van der Waals surface area contributed by atoms with Crippen molar-refractivity contribution in [1.29, 1.82) is 0 Å². The van der Waals surface area contributed by atoms with E-state index in [4.69, 9.17) is 0 Å². The smallest absolute Gasteiger partial charge is 0.254 e. The van der Waals surface area contributed by atoms with Crippen molar-refractivity contribution in [3.05, 3.63) is 71.0 Å².